The van der Waals surface area contributed by atoms with Crippen LogP contribution in [0.5, 0.6) is 0 Å². The summed E-state index contributed by atoms with van der Waals surface area (Å²) in [6.45, 7) is 7.90. The lowest BCUT2D eigenvalue weighted by atomic mass is 9.89. The number of quaternary nitrogens is 1. The molecule has 4 nitrogen and oxygen atoms in total. The molecule has 2 aliphatic rings. The second kappa shape index (κ2) is 6.10. The van der Waals surface area contributed by atoms with Crippen LogP contribution in [0, 0.1) is 20.8 Å². The Morgan fingerprint density at radius 1 is 1.04 bits per heavy atom. The molecule has 2 aliphatic heterocycles. The van der Waals surface area contributed by atoms with Crippen LogP contribution in [0.1, 0.15) is 34.6 Å². The maximum Gasteiger partial charge on any atom is 0.264 e. The molecule has 0 radical (unpaired) electrons. The number of aryl methyl sites for hydroxylation is 3. The lowest BCUT2D eigenvalue weighted by Crippen LogP contribution is -3.11. The van der Waals surface area contributed by atoms with Crippen molar-refractivity contribution in [2.45, 2.75) is 44.0 Å². The summed E-state index contributed by atoms with van der Waals surface area (Å²) in [6.07, 6.45) is 0.897. The normalized spacial score (nSPS) is 25.1. The van der Waals surface area contributed by atoms with Crippen LogP contribution in [0.15, 0.2) is 41.3 Å². The van der Waals surface area contributed by atoms with Crippen LogP contribution >= 0.6 is 0 Å². The highest BCUT2D eigenvalue weighted by atomic mass is 32.2. The second-order valence-corrected chi connectivity index (χ2v) is 9.79. The van der Waals surface area contributed by atoms with Crippen molar-refractivity contribution in [3.63, 3.8) is 0 Å². The number of nitrogens with zero attached hydrogens (tertiary/aromatic N) is 1. The van der Waals surface area contributed by atoms with Gasteiger partial charge in [-0.1, -0.05) is 29.8 Å². The topological polar surface area (TPSA) is 41.8 Å². The van der Waals surface area contributed by atoms with E-state index < -0.39 is 10.0 Å². The predicted molar refractivity (Wildman–Crippen MR) is 105 cm³/mol. The van der Waals surface area contributed by atoms with Crippen molar-refractivity contribution in [3.8, 4) is 0 Å². The molecular weight excluding hydrogens is 344 g/mol. The van der Waals surface area contributed by atoms with Crippen molar-refractivity contribution in [1.82, 2.24) is 0 Å². The van der Waals surface area contributed by atoms with Crippen molar-refractivity contribution < 1.29 is 13.3 Å². The monoisotopic (exact) mass is 371 g/mol. The van der Waals surface area contributed by atoms with Gasteiger partial charge in [0.2, 0.25) is 0 Å². The number of benzene rings is 2. The molecule has 0 amide bonds. The van der Waals surface area contributed by atoms with Gasteiger partial charge < -0.3 is 4.90 Å². The fourth-order valence-corrected chi connectivity index (χ4v) is 6.61. The summed E-state index contributed by atoms with van der Waals surface area (Å²) in [5.41, 5.74) is 5.05. The van der Waals surface area contributed by atoms with E-state index in [4.69, 9.17) is 0 Å². The van der Waals surface area contributed by atoms with Crippen LogP contribution in [-0.2, 0) is 10.0 Å². The van der Waals surface area contributed by atoms with E-state index in [1.165, 1.54) is 16.0 Å². The molecule has 138 valence electrons. The number of hydrogen-bond acceptors (Lipinski definition) is 2. The molecular formula is C21H27N2O2S+. The summed E-state index contributed by atoms with van der Waals surface area (Å²) in [5, 5.41) is 0. The van der Waals surface area contributed by atoms with Gasteiger partial charge >= 0.3 is 0 Å². The number of hydrogen-bond donors (Lipinski definition) is 1. The molecule has 26 heavy (non-hydrogen) atoms. The highest BCUT2D eigenvalue weighted by Gasteiger charge is 2.48. The highest BCUT2D eigenvalue weighted by Crippen LogP contribution is 2.46. The van der Waals surface area contributed by atoms with E-state index in [0.29, 0.717) is 4.90 Å². The lowest BCUT2D eigenvalue weighted by Gasteiger charge is -2.35. The Morgan fingerprint density at radius 3 is 2.50 bits per heavy atom. The van der Waals surface area contributed by atoms with E-state index in [0.717, 1.165) is 36.3 Å². The third-order valence-electron chi connectivity index (χ3n) is 5.90. The SMILES string of the molecule is Cc1ccc2c(c1)[C@@H]1C[NH+](C)CC[C@@H]1N2S(=O)(=O)c1cc(C)ccc1C. The minimum Gasteiger partial charge on any atom is -0.337 e. The number of likely N-dealkylation sites (tertiary alicyclic amines) is 1. The van der Waals surface area contributed by atoms with Crippen LogP contribution in [-0.4, -0.2) is 34.6 Å². The zero-order chi connectivity index (χ0) is 18.6. The molecule has 0 saturated carbocycles. The van der Waals surface area contributed by atoms with Crippen LogP contribution < -0.4 is 9.21 Å². The number of piperidine rings is 1. The quantitative estimate of drug-likeness (QED) is 0.879. The molecule has 5 heteroatoms. The van der Waals surface area contributed by atoms with E-state index in [1.54, 1.807) is 4.31 Å². The van der Waals surface area contributed by atoms with E-state index in [9.17, 15) is 8.42 Å². The van der Waals surface area contributed by atoms with Gasteiger partial charge in [-0.25, -0.2) is 8.42 Å². The first kappa shape index (κ1) is 17.6. The summed E-state index contributed by atoms with van der Waals surface area (Å²) in [4.78, 5) is 1.92. The summed E-state index contributed by atoms with van der Waals surface area (Å²) >= 11 is 0. The van der Waals surface area contributed by atoms with Gasteiger partial charge in [0.05, 0.1) is 42.7 Å². The van der Waals surface area contributed by atoms with Crippen LogP contribution in [0.2, 0.25) is 0 Å². The fraction of sp³-hybridized carbons (Fsp3) is 0.429. The Balaban J connectivity index is 1.89. The van der Waals surface area contributed by atoms with E-state index in [2.05, 4.69) is 20.0 Å². The summed E-state index contributed by atoms with van der Waals surface area (Å²) in [5.74, 6) is 0.276. The van der Waals surface area contributed by atoms with E-state index in [-0.39, 0.29) is 12.0 Å². The van der Waals surface area contributed by atoms with Crippen molar-refractivity contribution in [3.05, 3.63) is 58.7 Å². The molecule has 1 fully saturated rings. The van der Waals surface area contributed by atoms with Gasteiger partial charge in [0.15, 0.2) is 0 Å². The van der Waals surface area contributed by atoms with Crippen molar-refractivity contribution in [2.24, 2.45) is 0 Å². The Hall–Kier alpha value is -1.85. The molecule has 0 spiro atoms. The smallest absolute Gasteiger partial charge is 0.264 e. The Bertz CT molecular complexity index is 968. The maximum atomic E-state index is 13.7. The summed E-state index contributed by atoms with van der Waals surface area (Å²) < 4.78 is 29.2. The third kappa shape index (κ3) is 2.65. The second-order valence-electron chi connectivity index (χ2n) is 8.01. The highest BCUT2D eigenvalue weighted by molar-refractivity contribution is 7.93. The first-order chi connectivity index (χ1) is 12.3. The molecule has 3 atom stereocenters. The Morgan fingerprint density at radius 2 is 1.73 bits per heavy atom. The van der Waals surface area contributed by atoms with Gasteiger partial charge in [-0.15, -0.1) is 0 Å². The molecule has 1 saturated heterocycles. The standard InChI is InChI=1S/C21H26N2O2S/c1-14-6-8-19-17(11-14)18-13-22(4)10-9-20(18)23(19)26(24,25)21-12-15(2)5-7-16(21)3/h5-8,11-12,18,20H,9-10,13H2,1-4H3/p+1/t18-,20-/m0/s1. The Labute approximate surface area is 156 Å². The van der Waals surface area contributed by atoms with Crippen LogP contribution in [0.3, 0.4) is 0 Å². The predicted octanol–water partition coefficient (Wildman–Crippen LogP) is 2.19. The van der Waals surface area contributed by atoms with Gasteiger partial charge in [-0.05, 0) is 49.6 Å². The fourth-order valence-electron chi connectivity index (χ4n) is 4.56. The number of sulfonamides is 1. The summed E-state index contributed by atoms with van der Waals surface area (Å²) in [6, 6.07) is 11.9. The molecule has 4 rings (SSSR count). The van der Waals surface area contributed by atoms with Crippen LogP contribution in [0.4, 0.5) is 5.69 Å². The molecule has 2 heterocycles. The average molecular weight is 372 g/mol. The zero-order valence-corrected chi connectivity index (χ0v) is 16.7. The van der Waals surface area contributed by atoms with Crippen LogP contribution in [0.25, 0.3) is 0 Å². The zero-order valence-electron chi connectivity index (χ0n) is 15.9. The van der Waals surface area contributed by atoms with Gasteiger partial charge in [-0.2, -0.15) is 0 Å². The van der Waals surface area contributed by atoms with E-state index >= 15 is 0 Å². The number of fused-ring (bicyclic) bond motifs is 3. The van der Waals surface area contributed by atoms with Crippen molar-refractivity contribution >= 4 is 15.7 Å². The molecule has 0 aromatic heterocycles. The van der Waals surface area contributed by atoms with Gasteiger partial charge in [0, 0.05) is 6.42 Å². The number of likely N-dealkylation sites (N-methyl/N-ethyl adjacent to an activating group) is 1. The third-order valence-corrected chi connectivity index (χ3v) is 7.88. The number of nitrogens with one attached hydrogen (secondary N) is 1. The lowest BCUT2D eigenvalue weighted by molar-refractivity contribution is -0.886. The van der Waals surface area contributed by atoms with Gasteiger partial charge in [-0.3, -0.25) is 4.31 Å². The molecule has 0 aliphatic carbocycles. The summed E-state index contributed by atoms with van der Waals surface area (Å²) in [7, 11) is -1.38. The average Bonchev–Trinajstić information content (AvgIpc) is 2.90. The first-order valence-corrected chi connectivity index (χ1v) is 10.8. The number of anilines is 1. The molecule has 1 unspecified atom stereocenters. The molecule has 2 aromatic carbocycles. The molecule has 1 N–H and O–H groups in total. The van der Waals surface area contributed by atoms with Crippen molar-refractivity contribution in [1.29, 1.82) is 0 Å². The minimum absolute atomic E-state index is 0.0282. The van der Waals surface area contributed by atoms with E-state index in [1.807, 2.05) is 44.2 Å². The molecule has 2 aromatic rings. The maximum absolute atomic E-state index is 13.7. The first-order valence-electron chi connectivity index (χ1n) is 9.32. The Kier molecular flexibility index (Phi) is 4.12. The van der Waals surface area contributed by atoms with Gasteiger partial charge in [0.25, 0.3) is 10.0 Å². The van der Waals surface area contributed by atoms with Gasteiger partial charge in [0.1, 0.15) is 0 Å². The minimum atomic E-state index is -3.58. The number of rotatable bonds is 2. The largest absolute Gasteiger partial charge is 0.337 e. The molecule has 0 bridgehead atoms. The van der Waals surface area contributed by atoms with Crippen molar-refractivity contribution in [2.75, 3.05) is 24.4 Å².